The van der Waals surface area contributed by atoms with Gasteiger partial charge in [-0.2, -0.15) is 5.10 Å². The molecule has 8 heteroatoms. The van der Waals surface area contributed by atoms with Crippen molar-refractivity contribution in [2.75, 3.05) is 6.61 Å². The standard InChI is InChI=1S/C15H23ClN4O2Si/c1-15(2,3)23(4,5)21-9-8-20-11-12(10-17-20)22-14-7-6-13(16)18-19-14/h6-7,10-11H,8-9H2,1-5H3. The molecule has 0 spiro atoms. The van der Waals surface area contributed by atoms with Crippen molar-refractivity contribution in [3.05, 3.63) is 29.7 Å². The van der Waals surface area contributed by atoms with Crippen molar-refractivity contribution in [2.24, 2.45) is 0 Å². The smallest absolute Gasteiger partial charge is 0.239 e. The number of rotatable bonds is 6. The van der Waals surface area contributed by atoms with E-state index in [4.69, 9.17) is 20.8 Å². The first-order valence-corrected chi connectivity index (χ1v) is 10.8. The summed E-state index contributed by atoms with van der Waals surface area (Å²) in [5.74, 6) is 0.987. The predicted molar refractivity (Wildman–Crippen MR) is 92.5 cm³/mol. The fraction of sp³-hybridized carbons (Fsp3) is 0.533. The van der Waals surface area contributed by atoms with Crippen molar-refractivity contribution in [3.8, 4) is 11.6 Å². The van der Waals surface area contributed by atoms with Crippen molar-refractivity contribution in [1.82, 2.24) is 20.0 Å². The Morgan fingerprint density at radius 2 is 1.96 bits per heavy atom. The molecule has 23 heavy (non-hydrogen) atoms. The summed E-state index contributed by atoms with van der Waals surface area (Å²) >= 11 is 5.69. The second-order valence-electron chi connectivity index (χ2n) is 6.84. The number of ether oxygens (including phenoxy) is 1. The Kier molecular flexibility index (Phi) is 5.44. The number of halogens is 1. The van der Waals surface area contributed by atoms with Gasteiger partial charge in [0.05, 0.1) is 25.5 Å². The Morgan fingerprint density at radius 1 is 1.22 bits per heavy atom. The van der Waals surface area contributed by atoms with Gasteiger partial charge in [-0.3, -0.25) is 4.68 Å². The molecule has 0 N–H and O–H groups in total. The molecule has 0 fully saturated rings. The summed E-state index contributed by atoms with van der Waals surface area (Å²) in [6.45, 7) is 12.5. The largest absolute Gasteiger partial charge is 0.434 e. The molecule has 2 rings (SSSR count). The Balaban J connectivity index is 1.87. The van der Waals surface area contributed by atoms with Gasteiger partial charge in [0.1, 0.15) is 0 Å². The molecule has 0 saturated carbocycles. The van der Waals surface area contributed by atoms with Crippen LogP contribution in [0.4, 0.5) is 0 Å². The Hall–Kier alpha value is -1.44. The average molecular weight is 355 g/mol. The Bertz CT molecular complexity index is 638. The minimum Gasteiger partial charge on any atom is -0.434 e. The van der Waals surface area contributed by atoms with E-state index in [-0.39, 0.29) is 5.04 Å². The van der Waals surface area contributed by atoms with Crippen LogP contribution in [0.3, 0.4) is 0 Å². The van der Waals surface area contributed by atoms with E-state index < -0.39 is 8.32 Å². The van der Waals surface area contributed by atoms with Gasteiger partial charge in [-0.1, -0.05) is 32.4 Å². The van der Waals surface area contributed by atoms with Crippen LogP contribution in [0, 0.1) is 0 Å². The quantitative estimate of drug-likeness (QED) is 0.729. The third-order valence-electron chi connectivity index (χ3n) is 4.03. The third-order valence-corrected chi connectivity index (χ3v) is 8.77. The van der Waals surface area contributed by atoms with Gasteiger partial charge in [-0.15, -0.1) is 10.2 Å². The molecule has 0 aliphatic carbocycles. The molecule has 6 nitrogen and oxygen atoms in total. The monoisotopic (exact) mass is 354 g/mol. The third kappa shape index (κ3) is 5.02. The lowest BCUT2D eigenvalue weighted by Crippen LogP contribution is -2.41. The highest BCUT2D eigenvalue weighted by Crippen LogP contribution is 2.36. The maximum Gasteiger partial charge on any atom is 0.239 e. The molecule has 0 radical (unpaired) electrons. The lowest BCUT2D eigenvalue weighted by atomic mass is 10.2. The molecule has 0 saturated heterocycles. The number of hydrogen-bond acceptors (Lipinski definition) is 5. The van der Waals surface area contributed by atoms with Crippen LogP contribution in [0.5, 0.6) is 11.6 Å². The van der Waals surface area contributed by atoms with Gasteiger partial charge in [-0.05, 0) is 24.2 Å². The van der Waals surface area contributed by atoms with Gasteiger partial charge in [0.25, 0.3) is 0 Å². The van der Waals surface area contributed by atoms with Crippen molar-refractivity contribution in [2.45, 2.75) is 45.4 Å². The van der Waals surface area contributed by atoms with E-state index in [2.05, 4.69) is 49.2 Å². The highest BCUT2D eigenvalue weighted by molar-refractivity contribution is 6.74. The molecule has 2 heterocycles. The number of aromatic nitrogens is 4. The molecule has 0 amide bonds. The molecule has 0 aromatic carbocycles. The zero-order valence-corrected chi connectivity index (χ0v) is 16.0. The first-order chi connectivity index (χ1) is 10.7. The van der Waals surface area contributed by atoms with E-state index in [1.54, 1.807) is 23.0 Å². The average Bonchev–Trinajstić information content (AvgIpc) is 2.87. The molecular formula is C15H23ClN4O2Si. The molecule has 0 atom stereocenters. The van der Waals surface area contributed by atoms with E-state index >= 15 is 0 Å². The maximum absolute atomic E-state index is 6.14. The first-order valence-electron chi connectivity index (χ1n) is 7.51. The van der Waals surface area contributed by atoms with Gasteiger partial charge in [0, 0.05) is 6.07 Å². The van der Waals surface area contributed by atoms with Gasteiger partial charge < -0.3 is 9.16 Å². The minimum atomic E-state index is -1.72. The lowest BCUT2D eigenvalue weighted by Gasteiger charge is -2.36. The molecular weight excluding hydrogens is 332 g/mol. The van der Waals surface area contributed by atoms with Crippen molar-refractivity contribution >= 4 is 19.9 Å². The van der Waals surface area contributed by atoms with Crippen LogP contribution in [-0.2, 0) is 11.0 Å². The molecule has 0 aliphatic rings. The zero-order valence-electron chi connectivity index (χ0n) is 14.2. The summed E-state index contributed by atoms with van der Waals surface area (Å²) in [4.78, 5) is 0. The summed E-state index contributed by atoms with van der Waals surface area (Å²) < 4.78 is 13.5. The van der Waals surface area contributed by atoms with Crippen LogP contribution >= 0.6 is 11.6 Å². The highest BCUT2D eigenvalue weighted by Gasteiger charge is 2.36. The van der Waals surface area contributed by atoms with Gasteiger partial charge in [0.2, 0.25) is 5.88 Å². The second kappa shape index (κ2) is 6.98. The summed E-state index contributed by atoms with van der Waals surface area (Å²) in [7, 11) is -1.72. The van der Waals surface area contributed by atoms with Crippen LogP contribution in [0.25, 0.3) is 0 Å². The molecule has 2 aromatic heterocycles. The molecule has 0 aliphatic heterocycles. The van der Waals surface area contributed by atoms with Crippen LogP contribution in [0.15, 0.2) is 24.5 Å². The summed E-state index contributed by atoms with van der Waals surface area (Å²) in [6.07, 6.45) is 3.45. The normalized spacial score (nSPS) is 12.4. The van der Waals surface area contributed by atoms with E-state index in [0.29, 0.717) is 29.9 Å². The van der Waals surface area contributed by atoms with Gasteiger partial charge in [0.15, 0.2) is 19.2 Å². The van der Waals surface area contributed by atoms with Crippen LogP contribution in [-0.4, -0.2) is 34.9 Å². The maximum atomic E-state index is 6.14. The van der Waals surface area contributed by atoms with Crippen molar-refractivity contribution in [3.63, 3.8) is 0 Å². The SMILES string of the molecule is CC(C)(C)[Si](C)(C)OCCn1cc(Oc2ccc(Cl)nn2)cn1. The van der Waals surface area contributed by atoms with E-state index in [0.717, 1.165) is 0 Å². The van der Waals surface area contributed by atoms with E-state index in [1.165, 1.54) is 0 Å². The van der Waals surface area contributed by atoms with Crippen molar-refractivity contribution in [1.29, 1.82) is 0 Å². The molecule has 2 aromatic rings. The fourth-order valence-corrected chi connectivity index (χ4v) is 2.74. The number of hydrogen-bond donors (Lipinski definition) is 0. The molecule has 0 unspecified atom stereocenters. The van der Waals surface area contributed by atoms with Crippen molar-refractivity contribution < 1.29 is 9.16 Å². The lowest BCUT2D eigenvalue weighted by molar-refractivity contribution is 0.266. The fourth-order valence-electron chi connectivity index (χ4n) is 1.61. The summed E-state index contributed by atoms with van der Waals surface area (Å²) in [5.41, 5.74) is 0. The topological polar surface area (TPSA) is 62.1 Å². The predicted octanol–water partition coefficient (Wildman–Crippen LogP) is 4.14. The van der Waals surface area contributed by atoms with E-state index in [1.807, 2.05) is 6.20 Å². The van der Waals surface area contributed by atoms with Gasteiger partial charge >= 0.3 is 0 Å². The Morgan fingerprint density at radius 3 is 2.57 bits per heavy atom. The highest BCUT2D eigenvalue weighted by atomic mass is 35.5. The summed E-state index contributed by atoms with van der Waals surface area (Å²) in [5, 5.41) is 12.4. The summed E-state index contributed by atoms with van der Waals surface area (Å²) in [6, 6.07) is 3.29. The van der Waals surface area contributed by atoms with Crippen LogP contribution < -0.4 is 4.74 Å². The minimum absolute atomic E-state index is 0.207. The van der Waals surface area contributed by atoms with E-state index in [9.17, 15) is 0 Å². The first kappa shape index (κ1) is 17.9. The molecule has 0 bridgehead atoms. The van der Waals surface area contributed by atoms with Crippen LogP contribution in [0.2, 0.25) is 23.3 Å². The Labute approximate surface area is 142 Å². The second-order valence-corrected chi connectivity index (χ2v) is 12.0. The van der Waals surface area contributed by atoms with Gasteiger partial charge in [-0.25, -0.2) is 0 Å². The number of nitrogens with zero attached hydrogens (tertiary/aromatic N) is 4. The van der Waals surface area contributed by atoms with Crippen LogP contribution in [0.1, 0.15) is 20.8 Å². The molecule has 126 valence electrons. The zero-order chi connectivity index (χ0) is 17.1.